The van der Waals surface area contributed by atoms with E-state index in [4.69, 9.17) is 20.5 Å². The molecule has 4 nitrogen and oxygen atoms in total. The summed E-state index contributed by atoms with van der Waals surface area (Å²) in [6.45, 7) is 2.94. The van der Waals surface area contributed by atoms with E-state index in [1.807, 2.05) is 0 Å². The monoisotopic (exact) mass is 312 g/mol. The molecular formula is C14H13ClO4S. The maximum atomic E-state index is 11.5. The summed E-state index contributed by atoms with van der Waals surface area (Å²) in [7, 11) is 4.01. The molecule has 0 aliphatic rings. The Labute approximate surface area is 123 Å². The summed E-state index contributed by atoms with van der Waals surface area (Å²) in [5.41, 5.74) is -1.36. The Morgan fingerprint density at radius 1 is 1.20 bits per heavy atom. The first-order valence-corrected chi connectivity index (χ1v) is 7.83. The average molecular weight is 313 g/mol. The maximum absolute atomic E-state index is 11.5. The number of carboxylic acids is 1. The molecule has 1 atom stereocenters. The van der Waals surface area contributed by atoms with E-state index in [9.17, 15) is 9.00 Å². The molecule has 1 N–H and O–H groups in total. The van der Waals surface area contributed by atoms with E-state index in [0.29, 0.717) is 21.4 Å². The van der Waals surface area contributed by atoms with Gasteiger partial charge in [-0.15, -0.1) is 0 Å². The number of carbonyl (C=O) groups is 1. The summed E-state index contributed by atoms with van der Waals surface area (Å²) in [6.07, 6.45) is 0. The summed E-state index contributed by atoms with van der Waals surface area (Å²) in [6, 6.07) is 10.3. The highest BCUT2D eigenvalue weighted by Gasteiger charge is 2.30. The Morgan fingerprint density at radius 2 is 1.80 bits per heavy atom. The van der Waals surface area contributed by atoms with E-state index in [0.717, 1.165) is 0 Å². The van der Waals surface area contributed by atoms with Crippen molar-refractivity contribution in [1.82, 2.24) is 0 Å². The highest BCUT2D eigenvalue weighted by molar-refractivity contribution is 8.08. The van der Waals surface area contributed by atoms with Crippen LogP contribution in [0, 0.1) is 0 Å². The standard InChI is InChI=1S/C14H13ClO4S/c1-14(2,13(16)17)19-11-7-8-12(20(15)18)10-6-4-3-5-9(10)11/h3-8H,1-2H3,(H,16,17)/t20-/m0/s1. The summed E-state index contributed by atoms with van der Waals surface area (Å²) >= 11 is 0. The molecule has 0 heterocycles. The zero-order chi connectivity index (χ0) is 14.9. The second-order valence-electron chi connectivity index (χ2n) is 4.75. The third kappa shape index (κ3) is 2.78. The number of hydrogen-bond acceptors (Lipinski definition) is 3. The Morgan fingerprint density at radius 3 is 2.35 bits per heavy atom. The fourth-order valence-corrected chi connectivity index (χ4v) is 2.72. The van der Waals surface area contributed by atoms with Crippen molar-refractivity contribution in [3.8, 4) is 5.75 Å². The van der Waals surface area contributed by atoms with Crippen LogP contribution in [0.3, 0.4) is 0 Å². The summed E-state index contributed by atoms with van der Waals surface area (Å²) in [5, 5.41) is 10.5. The molecule has 0 unspecified atom stereocenters. The number of halogens is 1. The van der Waals surface area contributed by atoms with Gasteiger partial charge in [0.15, 0.2) is 5.60 Å². The molecular weight excluding hydrogens is 300 g/mol. The highest BCUT2D eigenvalue weighted by Crippen LogP contribution is 2.33. The fourth-order valence-electron chi connectivity index (χ4n) is 1.79. The van der Waals surface area contributed by atoms with Crippen LogP contribution < -0.4 is 4.74 Å². The SMILES string of the molecule is CC(C)(Oc1ccc([S@](=O)Cl)c2ccccc12)C(=O)O. The molecule has 0 amide bonds. The van der Waals surface area contributed by atoms with Gasteiger partial charge in [-0.2, -0.15) is 0 Å². The van der Waals surface area contributed by atoms with Crippen LogP contribution in [0.4, 0.5) is 0 Å². The molecule has 0 radical (unpaired) electrons. The maximum Gasteiger partial charge on any atom is 0.347 e. The van der Waals surface area contributed by atoms with Crippen molar-refractivity contribution in [2.45, 2.75) is 24.3 Å². The lowest BCUT2D eigenvalue weighted by molar-refractivity contribution is -0.152. The number of fused-ring (bicyclic) bond motifs is 1. The topological polar surface area (TPSA) is 63.6 Å². The van der Waals surface area contributed by atoms with Gasteiger partial charge in [-0.05, 0) is 36.7 Å². The van der Waals surface area contributed by atoms with Crippen LogP contribution in [0.2, 0.25) is 0 Å². The lowest BCUT2D eigenvalue weighted by atomic mass is 10.1. The van der Waals surface area contributed by atoms with Crippen LogP contribution in [0.5, 0.6) is 5.75 Å². The molecule has 0 saturated carbocycles. The molecule has 2 rings (SSSR count). The van der Waals surface area contributed by atoms with Crippen molar-refractivity contribution < 1.29 is 18.8 Å². The van der Waals surface area contributed by atoms with Crippen molar-refractivity contribution in [1.29, 1.82) is 0 Å². The van der Waals surface area contributed by atoms with E-state index in [2.05, 4.69) is 0 Å². The Balaban J connectivity index is 2.60. The van der Waals surface area contributed by atoms with Crippen molar-refractivity contribution in [3.05, 3.63) is 36.4 Å². The summed E-state index contributed by atoms with van der Waals surface area (Å²) in [4.78, 5) is 11.6. The second kappa shape index (κ2) is 5.42. The quantitative estimate of drug-likeness (QED) is 0.879. The van der Waals surface area contributed by atoms with Crippen LogP contribution in [0.1, 0.15) is 13.8 Å². The number of carboxylic acid groups (broad SMARTS) is 1. The average Bonchev–Trinajstić information content (AvgIpc) is 2.38. The van der Waals surface area contributed by atoms with Gasteiger partial charge in [0.25, 0.3) is 0 Å². The number of hydrogen-bond donors (Lipinski definition) is 1. The molecule has 0 aliphatic carbocycles. The van der Waals surface area contributed by atoms with Crippen molar-refractivity contribution in [2.75, 3.05) is 0 Å². The Kier molecular flexibility index (Phi) is 4.01. The second-order valence-corrected chi connectivity index (χ2v) is 6.48. The van der Waals surface area contributed by atoms with Crippen LogP contribution in [0.15, 0.2) is 41.3 Å². The first-order chi connectivity index (χ1) is 9.33. The van der Waals surface area contributed by atoms with Gasteiger partial charge in [-0.3, -0.25) is 0 Å². The van der Waals surface area contributed by atoms with Crippen LogP contribution in [-0.2, 0) is 14.8 Å². The smallest absolute Gasteiger partial charge is 0.347 e. The predicted molar refractivity (Wildman–Crippen MR) is 78.6 cm³/mol. The largest absolute Gasteiger partial charge is 0.478 e. The van der Waals surface area contributed by atoms with E-state index in [1.54, 1.807) is 36.4 Å². The van der Waals surface area contributed by atoms with Crippen LogP contribution >= 0.6 is 10.7 Å². The van der Waals surface area contributed by atoms with Gasteiger partial charge in [0.2, 0.25) is 0 Å². The van der Waals surface area contributed by atoms with Gasteiger partial charge in [-0.1, -0.05) is 24.3 Å². The van der Waals surface area contributed by atoms with E-state index in [1.165, 1.54) is 13.8 Å². The number of ether oxygens (including phenoxy) is 1. The minimum Gasteiger partial charge on any atom is -0.478 e. The molecule has 20 heavy (non-hydrogen) atoms. The van der Waals surface area contributed by atoms with Gasteiger partial charge in [0.05, 0.1) is 4.90 Å². The Bertz CT molecular complexity index is 697. The molecule has 0 spiro atoms. The molecule has 2 aromatic rings. The van der Waals surface area contributed by atoms with Gasteiger partial charge in [0, 0.05) is 10.8 Å². The first kappa shape index (κ1) is 14.8. The van der Waals surface area contributed by atoms with E-state index < -0.39 is 21.6 Å². The van der Waals surface area contributed by atoms with Crippen LogP contribution in [-0.4, -0.2) is 20.9 Å². The van der Waals surface area contributed by atoms with Gasteiger partial charge >= 0.3 is 5.97 Å². The molecule has 0 aliphatic heterocycles. The molecule has 0 fully saturated rings. The van der Waals surface area contributed by atoms with Gasteiger partial charge in [0.1, 0.15) is 15.8 Å². The zero-order valence-electron chi connectivity index (χ0n) is 10.9. The van der Waals surface area contributed by atoms with Crippen molar-refractivity contribution in [3.63, 3.8) is 0 Å². The summed E-state index contributed by atoms with van der Waals surface area (Å²) in [5.74, 6) is -0.648. The third-order valence-corrected chi connectivity index (χ3v) is 4.10. The van der Waals surface area contributed by atoms with E-state index in [-0.39, 0.29) is 0 Å². The Hall–Kier alpha value is -1.59. The minimum absolute atomic E-state index is 0.416. The lowest BCUT2D eigenvalue weighted by Crippen LogP contribution is -2.37. The lowest BCUT2D eigenvalue weighted by Gasteiger charge is -2.22. The molecule has 0 aromatic heterocycles. The normalized spacial score (nSPS) is 13.2. The van der Waals surface area contributed by atoms with Gasteiger partial charge < -0.3 is 9.84 Å². The molecule has 0 saturated heterocycles. The number of rotatable bonds is 4. The van der Waals surface area contributed by atoms with Crippen molar-refractivity contribution in [2.24, 2.45) is 0 Å². The number of benzene rings is 2. The summed E-state index contributed by atoms with van der Waals surface area (Å²) < 4.78 is 17.1. The highest BCUT2D eigenvalue weighted by atomic mass is 35.7. The predicted octanol–water partition coefficient (Wildman–Crippen LogP) is 3.34. The zero-order valence-corrected chi connectivity index (χ0v) is 12.5. The molecule has 106 valence electrons. The fraction of sp³-hybridized carbons (Fsp3) is 0.214. The molecule has 6 heteroatoms. The van der Waals surface area contributed by atoms with Crippen LogP contribution in [0.25, 0.3) is 10.8 Å². The minimum atomic E-state index is -1.64. The number of aliphatic carboxylic acids is 1. The van der Waals surface area contributed by atoms with E-state index >= 15 is 0 Å². The molecule has 2 aromatic carbocycles. The third-order valence-electron chi connectivity index (χ3n) is 2.90. The first-order valence-electron chi connectivity index (χ1n) is 5.85. The molecule has 0 bridgehead atoms. The van der Waals surface area contributed by atoms with Crippen molar-refractivity contribution >= 4 is 37.4 Å². The van der Waals surface area contributed by atoms with Gasteiger partial charge in [-0.25, -0.2) is 9.00 Å².